The third-order valence-electron chi connectivity index (χ3n) is 5.94. The van der Waals surface area contributed by atoms with Gasteiger partial charge in [-0.1, -0.05) is 12.1 Å². The van der Waals surface area contributed by atoms with Crippen molar-refractivity contribution in [3.8, 4) is 5.75 Å². The Bertz CT molecular complexity index is 1150. The Morgan fingerprint density at radius 2 is 2.07 bits per heavy atom. The lowest BCUT2D eigenvalue weighted by atomic mass is 9.84. The second-order valence-electron chi connectivity index (χ2n) is 7.64. The van der Waals surface area contributed by atoms with E-state index in [1.165, 1.54) is 0 Å². The van der Waals surface area contributed by atoms with Gasteiger partial charge in [-0.05, 0) is 37.6 Å². The summed E-state index contributed by atoms with van der Waals surface area (Å²) in [5, 5.41) is 0.815. The molecule has 30 heavy (non-hydrogen) atoms. The maximum atomic E-state index is 13.4. The van der Waals surface area contributed by atoms with Gasteiger partial charge in [-0.3, -0.25) is 4.79 Å². The van der Waals surface area contributed by atoms with Crippen molar-refractivity contribution in [2.45, 2.75) is 20.0 Å². The highest BCUT2D eigenvalue weighted by Gasteiger charge is 2.46. The lowest BCUT2D eigenvalue weighted by Crippen LogP contribution is -2.43. The predicted octanol–water partition coefficient (Wildman–Crippen LogP) is 2.95. The van der Waals surface area contributed by atoms with Gasteiger partial charge in [0.2, 0.25) is 0 Å². The molecule has 7 heteroatoms. The van der Waals surface area contributed by atoms with E-state index in [1.807, 2.05) is 44.2 Å². The summed E-state index contributed by atoms with van der Waals surface area (Å²) in [6.45, 7) is 4.78. The van der Waals surface area contributed by atoms with Crippen molar-refractivity contribution in [1.29, 1.82) is 0 Å². The summed E-state index contributed by atoms with van der Waals surface area (Å²) in [4.78, 5) is 32.4. The van der Waals surface area contributed by atoms with E-state index in [4.69, 9.17) is 19.2 Å². The molecule has 3 aliphatic rings. The van der Waals surface area contributed by atoms with E-state index in [0.717, 1.165) is 16.5 Å². The first kappa shape index (κ1) is 18.8. The molecular weight excluding hydrogens is 384 g/mol. The number of hydrogen-bond acceptors (Lipinski definition) is 6. The first-order chi connectivity index (χ1) is 14.5. The van der Waals surface area contributed by atoms with Gasteiger partial charge in [0, 0.05) is 25.0 Å². The fourth-order valence-electron chi connectivity index (χ4n) is 4.55. The van der Waals surface area contributed by atoms with Crippen LogP contribution in [0.1, 0.15) is 29.9 Å². The largest absolute Gasteiger partial charge is 0.492 e. The molecule has 1 aromatic heterocycles. The van der Waals surface area contributed by atoms with Crippen LogP contribution in [0.5, 0.6) is 5.75 Å². The summed E-state index contributed by atoms with van der Waals surface area (Å²) < 4.78 is 16.7. The van der Waals surface area contributed by atoms with E-state index >= 15 is 0 Å². The number of carbonyl (C=O) groups excluding carboxylic acids is 2. The molecule has 7 nitrogen and oxygen atoms in total. The van der Waals surface area contributed by atoms with Crippen molar-refractivity contribution >= 4 is 28.5 Å². The zero-order valence-electron chi connectivity index (χ0n) is 17.1. The fourth-order valence-corrected chi connectivity index (χ4v) is 4.55. The molecule has 3 aliphatic heterocycles. The monoisotopic (exact) mass is 406 g/mol. The summed E-state index contributed by atoms with van der Waals surface area (Å²) >= 11 is 0. The fraction of sp³-hybridized carbons (Fsp3) is 0.348. The van der Waals surface area contributed by atoms with Gasteiger partial charge in [-0.2, -0.15) is 0 Å². The second-order valence-corrected chi connectivity index (χ2v) is 7.64. The van der Waals surface area contributed by atoms with Gasteiger partial charge in [0.15, 0.2) is 0 Å². The van der Waals surface area contributed by atoms with Crippen molar-refractivity contribution in [1.82, 2.24) is 9.88 Å². The molecule has 1 amide bonds. The SMILES string of the molecule is CCOc1c2c(nc3ccccc13)C1=CC3=C(COC)C(=O)O[C@@H](C)[C@@H]3CN1C2=O. The van der Waals surface area contributed by atoms with Crippen LogP contribution in [0.4, 0.5) is 0 Å². The van der Waals surface area contributed by atoms with E-state index in [9.17, 15) is 9.59 Å². The number of methoxy groups -OCH3 is 1. The molecule has 0 bridgehead atoms. The highest BCUT2D eigenvalue weighted by atomic mass is 16.5. The topological polar surface area (TPSA) is 78.0 Å². The molecule has 0 radical (unpaired) electrons. The van der Waals surface area contributed by atoms with Crippen molar-refractivity contribution in [3.63, 3.8) is 0 Å². The van der Waals surface area contributed by atoms with Crippen LogP contribution < -0.4 is 4.74 Å². The van der Waals surface area contributed by atoms with Crippen molar-refractivity contribution in [2.24, 2.45) is 5.92 Å². The van der Waals surface area contributed by atoms with E-state index in [-0.39, 0.29) is 30.5 Å². The van der Waals surface area contributed by atoms with Crippen LogP contribution in [0.2, 0.25) is 0 Å². The van der Waals surface area contributed by atoms with E-state index in [2.05, 4.69) is 0 Å². The number of carbonyl (C=O) groups is 2. The average Bonchev–Trinajstić information content (AvgIpc) is 3.01. The third kappa shape index (κ3) is 2.58. The molecule has 0 saturated heterocycles. The molecule has 0 aliphatic carbocycles. The third-order valence-corrected chi connectivity index (χ3v) is 5.94. The van der Waals surface area contributed by atoms with Gasteiger partial charge in [0.25, 0.3) is 5.91 Å². The summed E-state index contributed by atoms with van der Waals surface area (Å²) in [6.07, 6.45) is 1.57. The number of hydrogen-bond donors (Lipinski definition) is 0. The van der Waals surface area contributed by atoms with Crippen LogP contribution in [0.3, 0.4) is 0 Å². The minimum atomic E-state index is -0.369. The number of rotatable bonds is 4. The van der Waals surface area contributed by atoms with Crippen LogP contribution in [0.25, 0.3) is 16.6 Å². The molecule has 154 valence electrons. The quantitative estimate of drug-likeness (QED) is 0.727. The van der Waals surface area contributed by atoms with Crippen LogP contribution in [-0.2, 0) is 14.3 Å². The van der Waals surface area contributed by atoms with E-state index in [0.29, 0.717) is 41.4 Å². The Morgan fingerprint density at radius 1 is 1.27 bits per heavy atom. The van der Waals surface area contributed by atoms with Gasteiger partial charge < -0.3 is 19.1 Å². The number of benzene rings is 1. The predicted molar refractivity (Wildman–Crippen MR) is 110 cm³/mol. The Labute approximate surface area is 173 Å². The normalized spacial score (nSPS) is 22.5. The second kappa shape index (κ2) is 6.95. The zero-order valence-corrected chi connectivity index (χ0v) is 17.1. The van der Waals surface area contributed by atoms with E-state index in [1.54, 1.807) is 12.0 Å². The van der Waals surface area contributed by atoms with Gasteiger partial charge in [-0.15, -0.1) is 0 Å². The molecule has 2 aromatic rings. The maximum Gasteiger partial charge on any atom is 0.336 e. The Kier molecular flexibility index (Phi) is 4.36. The van der Waals surface area contributed by atoms with Crippen LogP contribution >= 0.6 is 0 Å². The molecule has 0 spiro atoms. The standard InChI is InChI=1S/C23H22N2O5/c1-4-29-21-13-7-5-6-8-17(13)24-20-18-9-14-15(10-25(18)22(26)19(20)21)12(2)30-23(27)16(14)11-28-3/h5-9,12,15H,4,10-11H2,1-3H3/t12-,15-/m0/s1. The molecule has 0 saturated carbocycles. The number of fused-ring (bicyclic) bond motifs is 5. The number of cyclic esters (lactones) is 1. The summed E-state index contributed by atoms with van der Waals surface area (Å²) in [7, 11) is 1.55. The first-order valence-corrected chi connectivity index (χ1v) is 10.1. The minimum absolute atomic E-state index is 0.111. The number of para-hydroxylation sites is 1. The number of allylic oxidation sites excluding steroid dienone is 1. The number of pyridine rings is 1. The van der Waals surface area contributed by atoms with Gasteiger partial charge in [-0.25, -0.2) is 9.78 Å². The highest BCUT2D eigenvalue weighted by molar-refractivity contribution is 6.14. The van der Waals surface area contributed by atoms with Crippen LogP contribution in [0, 0.1) is 5.92 Å². The molecule has 5 rings (SSSR count). The number of amides is 1. The average molecular weight is 406 g/mol. The summed E-state index contributed by atoms with van der Waals surface area (Å²) in [5.41, 5.74) is 3.90. The Hall–Kier alpha value is -3.19. The zero-order chi connectivity index (χ0) is 21.0. The molecular formula is C23H22N2O5. The summed E-state index contributed by atoms with van der Waals surface area (Å²) in [5.74, 6) is -0.0472. The molecule has 4 heterocycles. The first-order valence-electron chi connectivity index (χ1n) is 10.1. The Balaban J connectivity index is 1.76. The lowest BCUT2D eigenvalue weighted by Gasteiger charge is -2.38. The van der Waals surface area contributed by atoms with Crippen molar-refractivity contribution in [2.75, 3.05) is 26.9 Å². The lowest BCUT2D eigenvalue weighted by molar-refractivity contribution is -0.148. The van der Waals surface area contributed by atoms with Crippen LogP contribution in [0.15, 0.2) is 41.5 Å². The number of nitrogens with zero attached hydrogens (tertiary/aromatic N) is 2. The molecule has 1 aromatic carbocycles. The molecule has 2 atom stereocenters. The number of esters is 1. The number of ether oxygens (including phenoxy) is 3. The Morgan fingerprint density at radius 3 is 2.83 bits per heavy atom. The molecule has 0 N–H and O–H groups in total. The number of aromatic nitrogens is 1. The molecule has 0 unspecified atom stereocenters. The smallest absolute Gasteiger partial charge is 0.336 e. The molecule has 0 fully saturated rings. The van der Waals surface area contributed by atoms with E-state index < -0.39 is 0 Å². The van der Waals surface area contributed by atoms with Crippen molar-refractivity contribution < 1.29 is 23.8 Å². The summed E-state index contributed by atoms with van der Waals surface area (Å²) in [6, 6.07) is 7.65. The van der Waals surface area contributed by atoms with Gasteiger partial charge in [0.05, 0.1) is 30.0 Å². The van der Waals surface area contributed by atoms with Gasteiger partial charge >= 0.3 is 5.97 Å². The maximum absolute atomic E-state index is 13.4. The van der Waals surface area contributed by atoms with Gasteiger partial charge in [0.1, 0.15) is 23.1 Å². The minimum Gasteiger partial charge on any atom is -0.492 e. The van der Waals surface area contributed by atoms with Crippen LogP contribution in [-0.4, -0.2) is 54.7 Å². The highest BCUT2D eigenvalue weighted by Crippen LogP contribution is 2.46. The van der Waals surface area contributed by atoms with Crippen molar-refractivity contribution in [3.05, 3.63) is 52.7 Å².